The molecule has 0 bridgehead atoms. The van der Waals surface area contributed by atoms with E-state index in [0.29, 0.717) is 18.1 Å². The van der Waals surface area contributed by atoms with E-state index in [1.807, 2.05) is 0 Å². The van der Waals surface area contributed by atoms with Gasteiger partial charge in [-0.05, 0) is 47.6 Å². The largest absolute Gasteiger partial charge is 0.357 e. The van der Waals surface area contributed by atoms with Crippen molar-refractivity contribution in [3.8, 4) is 0 Å². The van der Waals surface area contributed by atoms with Crippen LogP contribution in [-0.2, 0) is 0 Å². The number of nitrogens with one attached hydrogen (secondary N) is 2. The molecule has 2 saturated heterocycles. The molecule has 7 heteroatoms. The molecule has 0 aliphatic carbocycles. The molecule has 0 amide bonds. The summed E-state index contributed by atoms with van der Waals surface area (Å²) in [7, 11) is 2.21. The molecule has 2 rings (SSSR count). The Morgan fingerprint density at radius 2 is 1.62 bits per heavy atom. The van der Waals surface area contributed by atoms with Gasteiger partial charge in [-0.25, -0.2) is 0 Å². The molecular formula is C19H41IN6. The van der Waals surface area contributed by atoms with Gasteiger partial charge >= 0.3 is 0 Å². The van der Waals surface area contributed by atoms with Gasteiger partial charge < -0.3 is 20.4 Å². The van der Waals surface area contributed by atoms with E-state index in [4.69, 9.17) is 4.99 Å². The van der Waals surface area contributed by atoms with Crippen LogP contribution in [0.5, 0.6) is 0 Å². The molecule has 6 nitrogen and oxygen atoms in total. The lowest BCUT2D eigenvalue weighted by molar-refractivity contribution is 0.122. The maximum absolute atomic E-state index is 4.88. The Kier molecular flexibility index (Phi) is 11.4. The summed E-state index contributed by atoms with van der Waals surface area (Å²) >= 11 is 0. The predicted molar refractivity (Wildman–Crippen MR) is 123 cm³/mol. The van der Waals surface area contributed by atoms with Gasteiger partial charge in [-0.15, -0.1) is 24.0 Å². The van der Waals surface area contributed by atoms with Crippen molar-refractivity contribution in [2.24, 2.45) is 4.99 Å². The summed E-state index contributed by atoms with van der Waals surface area (Å²) in [4.78, 5) is 12.4. The van der Waals surface area contributed by atoms with Gasteiger partial charge in [-0.3, -0.25) is 9.89 Å². The van der Waals surface area contributed by atoms with Crippen LogP contribution in [0.1, 0.15) is 40.5 Å². The molecule has 2 heterocycles. The number of halogens is 1. The van der Waals surface area contributed by atoms with Crippen molar-refractivity contribution in [2.75, 3.05) is 59.4 Å². The highest BCUT2D eigenvalue weighted by Crippen LogP contribution is 2.13. The zero-order valence-electron chi connectivity index (χ0n) is 17.5. The summed E-state index contributed by atoms with van der Waals surface area (Å²) in [5, 5.41) is 7.09. The minimum absolute atomic E-state index is 0. The van der Waals surface area contributed by atoms with E-state index in [0.717, 1.165) is 32.1 Å². The maximum Gasteiger partial charge on any atom is 0.191 e. The Hall–Kier alpha value is -0.120. The molecule has 2 fully saturated rings. The van der Waals surface area contributed by atoms with E-state index < -0.39 is 0 Å². The highest BCUT2D eigenvalue weighted by molar-refractivity contribution is 14.0. The van der Waals surface area contributed by atoms with Crippen LogP contribution in [0.4, 0.5) is 0 Å². The molecule has 1 unspecified atom stereocenters. The van der Waals surface area contributed by atoms with Gasteiger partial charge in [0.2, 0.25) is 0 Å². The van der Waals surface area contributed by atoms with E-state index in [2.05, 4.69) is 60.1 Å². The van der Waals surface area contributed by atoms with Crippen LogP contribution in [-0.4, -0.2) is 98.2 Å². The van der Waals surface area contributed by atoms with Gasteiger partial charge in [0.1, 0.15) is 0 Å². The average Bonchev–Trinajstić information content (AvgIpc) is 2.60. The lowest BCUT2D eigenvalue weighted by Crippen LogP contribution is -2.51. The first-order valence-electron chi connectivity index (χ1n) is 10.2. The van der Waals surface area contributed by atoms with E-state index in [-0.39, 0.29) is 24.0 Å². The van der Waals surface area contributed by atoms with E-state index >= 15 is 0 Å². The van der Waals surface area contributed by atoms with Crippen molar-refractivity contribution in [1.29, 1.82) is 0 Å². The molecule has 2 aliphatic heterocycles. The molecule has 0 spiro atoms. The Morgan fingerprint density at radius 1 is 1.00 bits per heavy atom. The number of aliphatic imine (C=N–C) groups is 1. The van der Waals surface area contributed by atoms with E-state index in [1.165, 1.54) is 39.0 Å². The van der Waals surface area contributed by atoms with Crippen LogP contribution in [0.15, 0.2) is 4.99 Å². The molecule has 0 aromatic carbocycles. The SMILES string of the molecule is CCNC(=NCC(C)N1CCN(C)CC1)NC1CCN(C(C)C)CC1.I. The molecule has 2 N–H and O–H groups in total. The summed E-state index contributed by atoms with van der Waals surface area (Å²) in [5.41, 5.74) is 0. The molecule has 2 aliphatic rings. The smallest absolute Gasteiger partial charge is 0.191 e. The molecule has 26 heavy (non-hydrogen) atoms. The van der Waals surface area contributed by atoms with Crippen molar-refractivity contribution >= 4 is 29.9 Å². The third-order valence-corrected chi connectivity index (χ3v) is 5.62. The number of piperidine rings is 1. The van der Waals surface area contributed by atoms with Gasteiger partial charge in [0.05, 0.1) is 6.54 Å². The molecule has 0 aromatic heterocycles. The topological polar surface area (TPSA) is 46.1 Å². The maximum atomic E-state index is 4.88. The van der Waals surface area contributed by atoms with Gasteiger partial charge in [-0.1, -0.05) is 0 Å². The van der Waals surface area contributed by atoms with Crippen LogP contribution >= 0.6 is 24.0 Å². The average molecular weight is 480 g/mol. The second-order valence-corrected chi connectivity index (χ2v) is 7.96. The van der Waals surface area contributed by atoms with Crippen LogP contribution in [0.2, 0.25) is 0 Å². The molecule has 0 radical (unpaired) electrons. The van der Waals surface area contributed by atoms with Crippen molar-refractivity contribution in [2.45, 2.75) is 58.7 Å². The lowest BCUT2D eigenvalue weighted by atomic mass is 10.0. The third-order valence-electron chi connectivity index (χ3n) is 5.62. The minimum atomic E-state index is 0. The summed E-state index contributed by atoms with van der Waals surface area (Å²) < 4.78 is 0. The monoisotopic (exact) mass is 480 g/mol. The molecule has 154 valence electrons. The number of rotatable bonds is 6. The summed E-state index contributed by atoms with van der Waals surface area (Å²) in [6.07, 6.45) is 2.41. The zero-order chi connectivity index (χ0) is 18.2. The molecular weight excluding hydrogens is 439 g/mol. The van der Waals surface area contributed by atoms with Crippen molar-refractivity contribution in [3.05, 3.63) is 0 Å². The van der Waals surface area contributed by atoms with E-state index in [9.17, 15) is 0 Å². The number of likely N-dealkylation sites (N-methyl/N-ethyl adjacent to an activating group) is 1. The summed E-state index contributed by atoms with van der Waals surface area (Å²) in [5.74, 6) is 0.992. The van der Waals surface area contributed by atoms with Crippen LogP contribution in [0, 0.1) is 0 Å². The summed E-state index contributed by atoms with van der Waals surface area (Å²) in [6.45, 7) is 17.8. The van der Waals surface area contributed by atoms with Gasteiger partial charge in [0, 0.05) is 63.9 Å². The van der Waals surface area contributed by atoms with Crippen LogP contribution in [0.25, 0.3) is 0 Å². The van der Waals surface area contributed by atoms with Gasteiger partial charge in [0.25, 0.3) is 0 Å². The predicted octanol–water partition coefficient (Wildman–Crippen LogP) is 1.67. The fraction of sp³-hybridized carbons (Fsp3) is 0.947. The Bertz CT molecular complexity index is 401. The quantitative estimate of drug-likeness (QED) is 0.344. The third kappa shape index (κ3) is 7.86. The molecule has 1 atom stereocenters. The number of likely N-dealkylation sites (tertiary alicyclic amines) is 1. The van der Waals surface area contributed by atoms with Crippen molar-refractivity contribution in [1.82, 2.24) is 25.3 Å². The first kappa shape index (κ1) is 23.9. The van der Waals surface area contributed by atoms with Gasteiger partial charge in [0.15, 0.2) is 5.96 Å². The van der Waals surface area contributed by atoms with Gasteiger partial charge in [-0.2, -0.15) is 0 Å². The van der Waals surface area contributed by atoms with Crippen LogP contribution in [0.3, 0.4) is 0 Å². The van der Waals surface area contributed by atoms with Crippen molar-refractivity contribution in [3.63, 3.8) is 0 Å². The fourth-order valence-electron chi connectivity index (χ4n) is 3.68. The number of hydrogen-bond donors (Lipinski definition) is 2. The number of hydrogen-bond acceptors (Lipinski definition) is 4. The van der Waals surface area contributed by atoms with E-state index in [1.54, 1.807) is 0 Å². The number of guanidine groups is 1. The van der Waals surface area contributed by atoms with Crippen molar-refractivity contribution < 1.29 is 0 Å². The standard InChI is InChI=1S/C19H40N6.HI/c1-6-20-19(22-18-7-9-24(10-8-18)16(2)3)21-15-17(4)25-13-11-23(5)12-14-25;/h16-18H,6-15H2,1-5H3,(H2,20,21,22);1H. The highest BCUT2D eigenvalue weighted by atomic mass is 127. The minimum Gasteiger partial charge on any atom is -0.357 e. The molecule has 0 aromatic rings. The highest BCUT2D eigenvalue weighted by Gasteiger charge is 2.22. The Balaban J connectivity index is 0.00000338. The lowest BCUT2D eigenvalue weighted by Gasteiger charge is -2.36. The zero-order valence-corrected chi connectivity index (χ0v) is 19.8. The molecule has 0 saturated carbocycles. The second kappa shape index (κ2) is 12.4. The first-order chi connectivity index (χ1) is 12.0. The normalized spacial score (nSPS) is 22.9. The number of nitrogens with zero attached hydrogens (tertiary/aromatic N) is 4. The Morgan fingerprint density at radius 3 is 2.15 bits per heavy atom. The first-order valence-corrected chi connectivity index (χ1v) is 10.2. The Labute approximate surface area is 178 Å². The second-order valence-electron chi connectivity index (χ2n) is 7.96. The van der Waals surface area contributed by atoms with Crippen LogP contribution < -0.4 is 10.6 Å². The number of piperazine rings is 1. The fourth-order valence-corrected chi connectivity index (χ4v) is 3.68. The summed E-state index contributed by atoms with van der Waals surface area (Å²) in [6, 6.07) is 1.71.